The Balaban J connectivity index is 2.28. The van der Waals surface area contributed by atoms with E-state index in [2.05, 4.69) is 9.97 Å². The molecule has 4 nitrogen and oxygen atoms in total. The fourth-order valence-corrected chi connectivity index (χ4v) is 2.23. The molecule has 0 unspecified atom stereocenters. The van der Waals surface area contributed by atoms with Crippen LogP contribution in [0.15, 0.2) is 42.6 Å². The number of anilines is 2. The van der Waals surface area contributed by atoms with E-state index in [0.717, 1.165) is 22.0 Å². The summed E-state index contributed by atoms with van der Waals surface area (Å²) in [6.45, 7) is 0. The maximum Gasteiger partial charge on any atom is 0.132 e. The molecule has 0 aliphatic carbocycles. The highest BCUT2D eigenvalue weighted by molar-refractivity contribution is 6.33. The summed E-state index contributed by atoms with van der Waals surface area (Å²) in [4.78, 5) is 8.41. The lowest BCUT2D eigenvalue weighted by Crippen LogP contribution is -1.97. The van der Waals surface area contributed by atoms with Crippen LogP contribution in [0.4, 0.5) is 11.6 Å². The van der Waals surface area contributed by atoms with Crippen LogP contribution >= 0.6 is 11.6 Å². The van der Waals surface area contributed by atoms with E-state index in [1.54, 1.807) is 12.3 Å². The molecule has 0 fully saturated rings. The molecule has 0 aliphatic rings. The third kappa shape index (κ3) is 2.06. The van der Waals surface area contributed by atoms with Crippen LogP contribution < -0.4 is 11.5 Å². The molecule has 3 aromatic rings. The van der Waals surface area contributed by atoms with Gasteiger partial charge in [-0.2, -0.15) is 0 Å². The smallest absolute Gasteiger partial charge is 0.132 e. The summed E-state index contributed by atoms with van der Waals surface area (Å²) >= 11 is 6.19. The van der Waals surface area contributed by atoms with Crippen LogP contribution in [-0.2, 0) is 0 Å². The van der Waals surface area contributed by atoms with Gasteiger partial charge in [0.2, 0.25) is 0 Å². The van der Waals surface area contributed by atoms with E-state index in [1.165, 1.54) is 0 Å². The normalized spacial score (nSPS) is 10.8. The third-order valence-corrected chi connectivity index (χ3v) is 3.24. The minimum absolute atomic E-state index is 0.421. The monoisotopic (exact) mass is 270 g/mol. The van der Waals surface area contributed by atoms with Crippen molar-refractivity contribution in [2.75, 3.05) is 11.5 Å². The van der Waals surface area contributed by atoms with Gasteiger partial charge in [0, 0.05) is 33.8 Å². The highest BCUT2D eigenvalue weighted by Crippen LogP contribution is 2.33. The highest BCUT2D eigenvalue weighted by Gasteiger charge is 2.09. The maximum atomic E-state index is 6.19. The standard InChI is InChI=1S/C14H11ClN4/c15-11-4-2-1-3-9(11)10-5-8-7-18-13(16)6-12(8)19-14(10)17/h1-7H,(H2,16,18)(H2,17,19). The summed E-state index contributed by atoms with van der Waals surface area (Å²) in [6, 6.07) is 11.1. The highest BCUT2D eigenvalue weighted by atomic mass is 35.5. The van der Waals surface area contributed by atoms with Crippen molar-refractivity contribution in [3.05, 3.63) is 47.6 Å². The quantitative estimate of drug-likeness (QED) is 0.712. The summed E-state index contributed by atoms with van der Waals surface area (Å²) in [5.41, 5.74) is 14.0. The van der Waals surface area contributed by atoms with E-state index in [0.29, 0.717) is 16.7 Å². The molecule has 0 amide bonds. The molecular formula is C14H11ClN4. The summed E-state index contributed by atoms with van der Waals surface area (Å²) < 4.78 is 0. The number of fused-ring (bicyclic) bond motifs is 1. The van der Waals surface area contributed by atoms with E-state index in [1.807, 2.05) is 30.3 Å². The second-order valence-corrected chi connectivity index (χ2v) is 4.61. The first-order valence-electron chi connectivity index (χ1n) is 5.72. The topological polar surface area (TPSA) is 77.8 Å². The van der Waals surface area contributed by atoms with Gasteiger partial charge < -0.3 is 11.5 Å². The average molecular weight is 271 g/mol. The van der Waals surface area contributed by atoms with Gasteiger partial charge in [0.25, 0.3) is 0 Å². The van der Waals surface area contributed by atoms with E-state index in [9.17, 15) is 0 Å². The van der Waals surface area contributed by atoms with E-state index in [-0.39, 0.29) is 0 Å². The lowest BCUT2D eigenvalue weighted by atomic mass is 10.0. The lowest BCUT2D eigenvalue weighted by molar-refractivity contribution is 1.33. The molecule has 2 aromatic heterocycles. The Bertz CT molecular complexity index is 770. The van der Waals surface area contributed by atoms with Gasteiger partial charge in [-0.3, -0.25) is 0 Å². The fourth-order valence-electron chi connectivity index (χ4n) is 1.99. The number of benzene rings is 1. The van der Waals surface area contributed by atoms with Gasteiger partial charge in [0.05, 0.1) is 5.52 Å². The molecule has 0 bridgehead atoms. The number of hydrogen-bond acceptors (Lipinski definition) is 4. The van der Waals surface area contributed by atoms with Crippen molar-refractivity contribution >= 4 is 34.1 Å². The molecule has 1 aromatic carbocycles. The van der Waals surface area contributed by atoms with E-state index >= 15 is 0 Å². The zero-order valence-electron chi connectivity index (χ0n) is 9.97. The van der Waals surface area contributed by atoms with Crippen LogP contribution in [0.1, 0.15) is 0 Å². The number of nitrogens with two attached hydrogens (primary N) is 2. The average Bonchev–Trinajstić information content (AvgIpc) is 2.39. The molecule has 0 saturated heterocycles. The van der Waals surface area contributed by atoms with Crippen LogP contribution in [0, 0.1) is 0 Å². The van der Waals surface area contributed by atoms with Gasteiger partial charge in [0.15, 0.2) is 0 Å². The van der Waals surface area contributed by atoms with Crippen molar-refractivity contribution < 1.29 is 0 Å². The maximum absolute atomic E-state index is 6.19. The molecule has 3 rings (SSSR count). The Morgan fingerprint density at radius 1 is 1.00 bits per heavy atom. The van der Waals surface area contributed by atoms with E-state index < -0.39 is 0 Å². The minimum atomic E-state index is 0.421. The zero-order valence-corrected chi connectivity index (χ0v) is 10.7. The number of pyridine rings is 2. The molecule has 0 saturated carbocycles. The SMILES string of the molecule is Nc1cc2nc(N)c(-c3ccccc3Cl)cc2cn1. The van der Waals surface area contributed by atoms with Crippen molar-refractivity contribution in [1.82, 2.24) is 9.97 Å². The van der Waals surface area contributed by atoms with Crippen LogP contribution in [-0.4, -0.2) is 9.97 Å². The predicted octanol–water partition coefficient (Wildman–Crippen LogP) is 3.11. The molecule has 0 atom stereocenters. The second-order valence-electron chi connectivity index (χ2n) is 4.20. The molecular weight excluding hydrogens is 260 g/mol. The largest absolute Gasteiger partial charge is 0.384 e. The van der Waals surface area contributed by atoms with Gasteiger partial charge in [-0.05, 0) is 12.1 Å². The van der Waals surface area contributed by atoms with Crippen molar-refractivity contribution in [2.24, 2.45) is 0 Å². The van der Waals surface area contributed by atoms with Crippen LogP contribution in [0.3, 0.4) is 0 Å². The Morgan fingerprint density at radius 2 is 1.79 bits per heavy atom. The Morgan fingerprint density at radius 3 is 2.58 bits per heavy atom. The summed E-state index contributed by atoms with van der Waals surface area (Å²) in [7, 11) is 0. The molecule has 94 valence electrons. The van der Waals surface area contributed by atoms with Gasteiger partial charge in [0.1, 0.15) is 11.6 Å². The van der Waals surface area contributed by atoms with Crippen molar-refractivity contribution in [2.45, 2.75) is 0 Å². The minimum Gasteiger partial charge on any atom is -0.384 e. The second kappa shape index (κ2) is 4.40. The van der Waals surface area contributed by atoms with Gasteiger partial charge in [-0.1, -0.05) is 29.8 Å². The molecule has 0 aliphatic heterocycles. The number of halogens is 1. The Hall–Kier alpha value is -2.33. The van der Waals surface area contributed by atoms with Crippen LogP contribution in [0.25, 0.3) is 22.0 Å². The van der Waals surface area contributed by atoms with Crippen LogP contribution in [0.2, 0.25) is 5.02 Å². The summed E-state index contributed by atoms with van der Waals surface area (Å²) in [5.74, 6) is 0.844. The first kappa shape index (κ1) is 11.7. The van der Waals surface area contributed by atoms with E-state index in [4.69, 9.17) is 23.1 Å². The molecule has 19 heavy (non-hydrogen) atoms. The molecule has 4 N–H and O–H groups in total. The number of hydrogen-bond donors (Lipinski definition) is 2. The first-order chi connectivity index (χ1) is 9.15. The van der Waals surface area contributed by atoms with Crippen LogP contribution in [0.5, 0.6) is 0 Å². The van der Waals surface area contributed by atoms with Crippen molar-refractivity contribution in [3.63, 3.8) is 0 Å². The summed E-state index contributed by atoms with van der Waals surface area (Å²) in [6.07, 6.45) is 1.68. The Labute approximate surface area is 115 Å². The lowest BCUT2D eigenvalue weighted by Gasteiger charge is -2.09. The predicted molar refractivity (Wildman–Crippen MR) is 78.8 cm³/mol. The van der Waals surface area contributed by atoms with Gasteiger partial charge >= 0.3 is 0 Å². The molecule has 0 spiro atoms. The zero-order chi connectivity index (χ0) is 13.4. The summed E-state index contributed by atoms with van der Waals surface area (Å²) in [5, 5.41) is 1.51. The third-order valence-electron chi connectivity index (χ3n) is 2.91. The first-order valence-corrected chi connectivity index (χ1v) is 6.09. The number of rotatable bonds is 1. The molecule has 0 radical (unpaired) electrons. The molecule has 5 heteroatoms. The molecule has 2 heterocycles. The van der Waals surface area contributed by atoms with Crippen molar-refractivity contribution in [3.8, 4) is 11.1 Å². The number of nitrogens with zero attached hydrogens (tertiary/aromatic N) is 2. The Kier molecular flexibility index (Phi) is 2.72. The van der Waals surface area contributed by atoms with Crippen molar-refractivity contribution in [1.29, 1.82) is 0 Å². The van der Waals surface area contributed by atoms with Gasteiger partial charge in [-0.25, -0.2) is 9.97 Å². The number of nitrogen functional groups attached to an aromatic ring is 2. The van der Waals surface area contributed by atoms with Gasteiger partial charge in [-0.15, -0.1) is 0 Å². The fraction of sp³-hybridized carbons (Fsp3) is 0. The number of aromatic nitrogens is 2.